The number of nitrogens with zero attached hydrogens (tertiary/aromatic N) is 1. The zero-order chi connectivity index (χ0) is 15.2. The third kappa shape index (κ3) is 4.75. The summed E-state index contributed by atoms with van der Waals surface area (Å²) in [5.74, 6) is 0. The molecule has 1 nitrogen and oxygen atoms in total. The van der Waals surface area contributed by atoms with Crippen LogP contribution in [0.3, 0.4) is 0 Å². The second kappa shape index (κ2) is 7.58. The zero-order valence-corrected chi connectivity index (χ0v) is 14.5. The lowest BCUT2D eigenvalue weighted by Crippen LogP contribution is -2.00. The van der Waals surface area contributed by atoms with E-state index >= 15 is 0 Å². The van der Waals surface area contributed by atoms with E-state index in [-0.39, 0.29) is 5.41 Å². The predicted molar refractivity (Wildman–Crippen MR) is 91.4 cm³/mol. The molecule has 0 spiro atoms. The van der Waals surface area contributed by atoms with E-state index < -0.39 is 0 Å². The van der Waals surface area contributed by atoms with Gasteiger partial charge in [0, 0.05) is 16.7 Å². The van der Waals surface area contributed by atoms with Gasteiger partial charge in [0.15, 0.2) is 0 Å². The monoisotopic (exact) mass is 289 g/mol. The van der Waals surface area contributed by atoms with Crippen LogP contribution in [0.1, 0.15) is 50.2 Å². The number of thiazole rings is 1. The molecule has 2 heteroatoms. The topological polar surface area (TPSA) is 12.9 Å². The van der Waals surface area contributed by atoms with E-state index in [4.69, 9.17) is 4.98 Å². The molecule has 2 rings (SSSR count). The Hall–Kier alpha value is -1.15. The first-order valence-corrected chi connectivity index (χ1v) is 8.34. The molecule has 0 bridgehead atoms. The van der Waals surface area contributed by atoms with Crippen LogP contribution >= 0.6 is 11.3 Å². The Bertz CT molecular complexity index is 516. The number of allylic oxidation sites excluding steroid dienone is 6. The van der Waals surface area contributed by atoms with E-state index in [0.717, 1.165) is 12.8 Å². The highest BCUT2D eigenvalue weighted by atomic mass is 32.1. The maximum absolute atomic E-state index is 4.71. The quantitative estimate of drug-likeness (QED) is 0.699. The molecule has 0 aliphatic heterocycles. The smallest absolute Gasteiger partial charge is 0.0974 e. The fraction of sp³-hybridized carbons (Fsp3) is 0.500. The molecule has 1 aliphatic carbocycles. The van der Waals surface area contributed by atoms with Gasteiger partial charge in [-0.15, -0.1) is 11.3 Å². The van der Waals surface area contributed by atoms with Gasteiger partial charge >= 0.3 is 0 Å². The van der Waals surface area contributed by atoms with Gasteiger partial charge in [-0.3, -0.25) is 0 Å². The first kappa shape index (κ1) is 16.9. The molecule has 1 aromatic heterocycles. The van der Waals surface area contributed by atoms with Crippen molar-refractivity contribution in [2.24, 2.45) is 5.41 Å². The van der Waals surface area contributed by atoms with Crippen molar-refractivity contribution in [1.82, 2.24) is 4.98 Å². The van der Waals surface area contributed by atoms with E-state index in [1.165, 1.54) is 21.2 Å². The molecule has 0 amide bonds. The van der Waals surface area contributed by atoms with Crippen LogP contribution in [0.5, 0.6) is 0 Å². The van der Waals surface area contributed by atoms with Crippen LogP contribution in [-0.4, -0.2) is 4.98 Å². The molecule has 1 heterocycles. The molecule has 1 aromatic rings. The van der Waals surface area contributed by atoms with Crippen molar-refractivity contribution in [2.75, 3.05) is 0 Å². The summed E-state index contributed by atoms with van der Waals surface area (Å²) in [7, 11) is 0. The van der Waals surface area contributed by atoms with Gasteiger partial charge in [0.1, 0.15) is 0 Å². The second-order valence-electron chi connectivity index (χ2n) is 5.40. The van der Waals surface area contributed by atoms with Crippen LogP contribution in [0.25, 0.3) is 0 Å². The number of aryl methyl sites for hydroxylation is 2. The van der Waals surface area contributed by atoms with E-state index in [2.05, 4.69) is 58.1 Å². The molecule has 0 fully saturated rings. The first-order chi connectivity index (χ1) is 9.50. The van der Waals surface area contributed by atoms with Gasteiger partial charge in [-0.25, -0.2) is 4.98 Å². The van der Waals surface area contributed by atoms with E-state index in [0.29, 0.717) is 0 Å². The zero-order valence-electron chi connectivity index (χ0n) is 13.7. The molecular formula is C18H27NS. The molecule has 0 radical (unpaired) electrons. The van der Waals surface area contributed by atoms with E-state index in [1.807, 2.05) is 25.2 Å². The van der Waals surface area contributed by atoms with Crippen molar-refractivity contribution in [3.8, 4) is 0 Å². The van der Waals surface area contributed by atoms with Crippen molar-refractivity contribution < 1.29 is 0 Å². The van der Waals surface area contributed by atoms with Crippen LogP contribution in [-0.2, 0) is 12.8 Å². The summed E-state index contributed by atoms with van der Waals surface area (Å²) in [6.07, 6.45) is 13.1. The second-order valence-corrected chi connectivity index (χ2v) is 6.68. The first-order valence-electron chi connectivity index (χ1n) is 7.53. The highest BCUT2D eigenvalue weighted by Crippen LogP contribution is 2.25. The fourth-order valence-corrected chi connectivity index (χ4v) is 3.09. The highest BCUT2D eigenvalue weighted by Gasteiger charge is 2.12. The molecule has 0 atom stereocenters. The molecule has 110 valence electrons. The SMILES string of the molecule is CC.CCc1nc(CC2=CC=CC(C)(C)C=C2)sc1C. The Balaban J connectivity index is 0.000000956. The van der Waals surface area contributed by atoms with Crippen molar-refractivity contribution in [3.05, 3.63) is 51.5 Å². The van der Waals surface area contributed by atoms with E-state index in [9.17, 15) is 0 Å². The minimum absolute atomic E-state index is 0.158. The summed E-state index contributed by atoms with van der Waals surface area (Å²) in [5.41, 5.74) is 2.75. The van der Waals surface area contributed by atoms with Gasteiger partial charge < -0.3 is 0 Å². The Morgan fingerprint density at radius 1 is 1.20 bits per heavy atom. The van der Waals surface area contributed by atoms with Gasteiger partial charge in [-0.1, -0.05) is 65.0 Å². The third-order valence-corrected chi connectivity index (χ3v) is 4.20. The van der Waals surface area contributed by atoms with Crippen molar-refractivity contribution in [3.63, 3.8) is 0 Å². The number of hydrogen-bond donors (Lipinski definition) is 0. The van der Waals surface area contributed by atoms with Crippen LogP contribution in [0.2, 0.25) is 0 Å². The summed E-state index contributed by atoms with van der Waals surface area (Å²) < 4.78 is 0. The molecule has 0 unspecified atom stereocenters. The van der Waals surface area contributed by atoms with Crippen LogP contribution < -0.4 is 0 Å². The minimum Gasteiger partial charge on any atom is -0.246 e. The van der Waals surface area contributed by atoms with Crippen LogP contribution in [0.4, 0.5) is 0 Å². The summed E-state index contributed by atoms with van der Waals surface area (Å²) in [6.45, 7) is 12.8. The summed E-state index contributed by atoms with van der Waals surface area (Å²) in [4.78, 5) is 6.07. The number of hydrogen-bond acceptors (Lipinski definition) is 2. The molecule has 0 N–H and O–H groups in total. The lowest BCUT2D eigenvalue weighted by atomic mass is 9.93. The normalized spacial score (nSPS) is 16.2. The predicted octanol–water partition coefficient (Wildman–Crippen LogP) is 5.66. The number of aromatic nitrogens is 1. The van der Waals surface area contributed by atoms with Gasteiger partial charge in [0.2, 0.25) is 0 Å². The van der Waals surface area contributed by atoms with Gasteiger partial charge in [0.05, 0.1) is 10.7 Å². The summed E-state index contributed by atoms with van der Waals surface area (Å²) in [6, 6.07) is 0. The maximum atomic E-state index is 4.71. The highest BCUT2D eigenvalue weighted by molar-refractivity contribution is 7.11. The average Bonchev–Trinajstić information content (AvgIpc) is 2.68. The lowest BCUT2D eigenvalue weighted by molar-refractivity contribution is 0.627. The lowest BCUT2D eigenvalue weighted by Gasteiger charge is -2.12. The van der Waals surface area contributed by atoms with Crippen molar-refractivity contribution >= 4 is 11.3 Å². The summed E-state index contributed by atoms with van der Waals surface area (Å²) in [5, 5.41) is 1.23. The molecule has 0 aromatic carbocycles. The van der Waals surface area contributed by atoms with Crippen LogP contribution in [0.15, 0.2) is 36.0 Å². The molecule has 1 aliphatic rings. The standard InChI is InChI=1S/C16H21NS.C2H6/c1-5-14-12(2)18-15(17-14)11-13-7-6-9-16(3,4)10-8-13;1-2/h6-10H,5,11H2,1-4H3;1-2H3. The summed E-state index contributed by atoms with van der Waals surface area (Å²) >= 11 is 1.83. The van der Waals surface area contributed by atoms with Gasteiger partial charge in [0.25, 0.3) is 0 Å². The molecule has 0 saturated heterocycles. The van der Waals surface area contributed by atoms with Crippen LogP contribution in [0, 0.1) is 12.3 Å². The Morgan fingerprint density at radius 3 is 2.50 bits per heavy atom. The average molecular weight is 289 g/mol. The minimum atomic E-state index is 0.158. The fourth-order valence-electron chi connectivity index (χ4n) is 2.04. The van der Waals surface area contributed by atoms with Gasteiger partial charge in [-0.05, 0) is 18.9 Å². The van der Waals surface area contributed by atoms with Crippen molar-refractivity contribution in [2.45, 2.75) is 54.4 Å². The number of rotatable bonds is 3. The maximum Gasteiger partial charge on any atom is 0.0974 e. The van der Waals surface area contributed by atoms with Gasteiger partial charge in [-0.2, -0.15) is 0 Å². The largest absolute Gasteiger partial charge is 0.246 e. The molecular weight excluding hydrogens is 262 g/mol. The Labute approximate surface area is 128 Å². The third-order valence-electron chi connectivity index (χ3n) is 3.19. The molecule has 0 saturated carbocycles. The molecule has 20 heavy (non-hydrogen) atoms. The Kier molecular flexibility index (Phi) is 6.41. The van der Waals surface area contributed by atoms with E-state index in [1.54, 1.807) is 0 Å². The Morgan fingerprint density at radius 2 is 1.90 bits per heavy atom. The van der Waals surface area contributed by atoms with Crippen molar-refractivity contribution in [1.29, 1.82) is 0 Å².